The summed E-state index contributed by atoms with van der Waals surface area (Å²) in [6, 6.07) is 8.26. The fraction of sp³-hybridized carbons (Fsp3) is 0.429. The predicted octanol–water partition coefficient (Wildman–Crippen LogP) is 4.63. The Hall–Kier alpha value is -3.77. The van der Waals surface area contributed by atoms with Gasteiger partial charge in [0.15, 0.2) is 5.03 Å². The zero-order valence-corrected chi connectivity index (χ0v) is 24.3. The van der Waals surface area contributed by atoms with Gasteiger partial charge in [0.2, 0.25) is 0 Å². The van der Waals surface area contributed by atoms with Crippen molar-refractivity contribution in [2.75, 3.05) is 6.54 Å². The lowest BCUT2D eigenvalue weighted by Crippen LogP contribution is -2.44. The first kappa shape index (κ1) is 27.8. The molecule has 212 valence electrons. The van der Waals surface area contributed by atoms with E-state index in [1.165, 1.54) is 16.6 Å². The van der Waals surface area contributed by atoms with Crippen molar-refractivity contribution in [2.45, 2.75) is 76.8 Å². The summed E-state index contributed by atoms with van der Waals surface area (Å²) in [6.07, 6.45) is -0.304. The lowest BCUT2D eigenvalue weighted by molar-refractivity contribution is 0.0231. The van der Waals surface area contributed by atoms with E-state index in [-0.39, 0.29) is 17.3 Å². The van der Waals surface area contributed by atoms with Crippen molar-refractivity contribution < 1.29 is 32.3 Å². The van der Waals surface area contributed by atoms with Crippen LogP contribution in [0.25, 0.3) is 10.9 Å². The minimum atomic E-state index is -4.13. The molecule has 0 aliphatic carbocycles. The minimum Gasteiger partial charge on any atom is -0.443 e. The zero-order chi connectivity index (χ0) is 29.4. The summed E-state index contributed by atoms with van der Waals surface area (Å²) in [6.45, 7) is 11.6. The second kappa shape index (κ2) is 9.13. The fourth-order valence-electron chi connectivity index (χ4n) is 4.94. The normalized spacial score (nSPS) is 20.9. The van der Waals surface area contributed by atoms with Gasteiger partial charge in [-0.05, 0) is 66.2 Å². The first-order chi connectivity index (χ1) is 18.5. The number of aromatic nitrogens is 2. The van der Waals surface area contributed by atoms with E-state index in [9.17, 15) is 22.8 Å². The average Bonchev–Trinajstić information content (AvgIpc) is 3.46. The number of amides is 2. The monoisotopic (exact) mass is 568 g/mol. The molecule has 2 amide bonds. The van der Waals surface area contributed by atoms with E-state index in [4.69, 9.17) is 9.47 Å². The molecule has 0 bridgehead atoms. The van der Waals surface area contributed by atoms with Crippen LogP contribution in [0.3, 0.4) is 0 Å². The molecule has 0 saturated carbocycles. The van der Waals surface area contributed by atoms with Crippen molar-refractivity contribution in [1.82, 2.24) is 18.8 Å². The summed E-state index contributed by atoms with van der Waals surface area (Å²) < 4.78 is 41.1. The Bertz CT molecular complexity index is 1650. The van der Waals surface area contributed by atoms with E-state index < -0.39 is 51.4 Å². The number of carbonyl (C=O) groups excluding carboxylic acids is 3. The molecule has 40 heavy (non-hydrogen) atoms. The molecule has 1 saturated heterocycles. The van der Waals surface area contributed by atoms with E-state index >= 15 is 0 Å². The lowest BCUT2D eigenvalue weighted by Gasteiger charge is -2.26. The van der Waals surface area contributed by atoms with Crippen molar-refractivity contribution in [3.63, 3.8) is 0 Å². The highest BCUT2D eigenvalue weighted by molar-refractivity contribution is 7.89. The number of rotatable bonds is 2. The number of fused-ring (bicyclic) bond motifs is 5. The van der Waals surface area contributed by atoms with Gasteiger partial charge in [-0.1, -0.05) is 24.3 Å². The third-order valence-electron chi connectivity index (χ3n) is 6.52. The number of hydrogen-bond acceptors (Lipinski definition) is 8. The van der Waals surface area contributed by atoms with Gasteiger partial charge in [-0.15, -0.1) is 0 Å². The number of pyridine rings is 1. The Labute approximate surface area is 232 Å². The van der Waals surface area contributed by atoms with E-state index in [2.05, 4.69) is 4.98 Å². The highest BCUT2D eigenvalue weighted by Gasteiger charge is 2.62. The van der Waals surface area contributed by atoms with Gasteiger partial charge in [0, 0.05) is 17.1 Å². The standard InChI is InChI=1S/C28H32N4O7S/c1-16-12-13-20(29-14-16)40(36,37)32-19-15-30(25(34)38-27(2,3)4)24(33)23-21(22(19)32)17-10-8-9-11-18(17)31(23)26(35)39-28(5,6)7/h8-14,19,22H,15H2,1-7H3. The molecule has 5 rings (SSSR count). The molecule has 3 unspecified atom stereocenters. The summed E-state index contributed by atoms with van der Waals surface area (Å²) in [7, 11) is -4.13. The number of imide groups is 1. The van der Waals surface area contributed by atoms with E-state index in [1.54, 1.807) is 78.8 Å². The number of ether oxygens (including phenoxy) is 2. The van der Waals surface area contributed by atoms with Crippen LogP contribution in [-0.2, 0) is 19.5 Å². The van der Waals surface area contributed by atoms with Gasteiger partial charge in [-0.25, -0.2) is 32.5 Å². The number of nitrogens with zero attached hydrogens (tertiary/aromatic N) is 4. The molecule has 11 nitrogen and oxygen atoms in total. The highest BCUT2D eigenvalue weighted by atomic mass is 32.2. The van der Waals surface area contributed by atoms with E-state index in [0.29, 0.717) is 16.5 Å². The highest BCUT2D eigenvalue weighted by Crippen LogP contribution is 2.53. The Balaban J connectivity index is 1.73. The molecule has 2 aliphatic heterocycles. The van der Waals surface area contributed by atoms with Gasteiger partial charge >= 0.3 is 12.2 Å². The molecule has 3 atom stereocenters. The molecule has 3 aromatic rings. The van der Waals surface area contributed by atoms with Crippen molar-refractivity contribution in [3.05, 3.63) is 59.4 Å². The Morgan fingerprint density at radius 2 is 1.57 bits per heavy atom. The van der Waals surface area contributed by atoms with Crippen molar-refractivity contribution in [2.24, 2.45) is 0 Å². The van der Waals surface area contributed by atoms with E-state index in [0.717, 1.165) is 15.0 Å². The first-order valence-electron chi connectivity index (χ1n) is 12.9. The molecule has 0 spiro atoms. The number of hydrogen-bond donors (Lipinski definition) is 0. The molecular formula is C28H32N4O7S. The molecule has 4 heterocycles. The number of benzene rings is 1. The van der Waals surface area contributed by atoms with Crippen LogP contribution in [0.1, 0.15) is 69.2 Å². The van der Waals surface area contributed by atoms with Crippen LogP contribution < -0.4 is 0 Å². The number of para-hydroxylation sites is 1. The van der Waals surface area contributed by atoms with Crippen LogP contribution in [0.2, 0.25) is 0 Å². The Morgan fingerprint density at radius 1 is 0.950 bits per heavy atom. The van der Waals surface area contributed by atoms with Crippen molar-refractivity contribution >= 4 is 39.0 Å². The molecule has 0 N–H and O–H groups in total. The zero-order valence-electron chi connectivity index (χ0n) is 23.5. The van der Waals surface area contributed by atoms with Gasteiger partial charge in [-0.3, -0.25) is 4.79 Å². The van der Waals surface area contributed by atoms with Gasteiger partial charge in [0.1, 0.15) is 16.9 Å². The lowest BCUT2D eigenvalue weighted by atomic mass is 10.1. The first-order valence-corrected chi connectivity index (χ1v) is 14.3. The van der Waals surface area contributed by atoms with Crippen LogP contribution >= 0.6 is 0 Å². The van der Waals surface area contributed by atoms with Crippen molar-refractivity contribution in [1.29, 1.82) is 0 Å². The summed E-state index contributed by atoms with van der Waals surface area (Å²) in [4.78, 5) is 45.9. The third kappa shape index (κ3) is 4.75. The number of sulfonamides is 1. The predicted molar refractivity (Wildman–Crippen MR) is 145 cm³/mol. The third-order valence-corrected chi connectivity index (χ3v) is 8.34. The topological polar surface area (TPSA) is 128 Å². The number of aryl methyl sites for hydroxylation is 1. The van der Waals surface area contributed by atoms with Crippen molar-refractivity contribution in [3.8, 4) is 0 Å². The maximum absolute atomic E-state index is 14.1. The SMILES string of the molecule is Cc1ccc(S(=O)(=O)N2C3CN(C(=O)OC(C)(C)C)C(=O)c4c(c5ccccc5n4C(=O)OC(C)(C)C)C32)nc1. The quantitative estimate of drug-likeness (QED) is 0.409. The maximum Gasteiger partial charge on any atom is 0.419 e. The minimum absolute atomic E-state index is 0.136. The molecule has 12 heteroatoms. The van der Waals surface area contributed by atoms with Crippen LogP contribution in [0.5, 0.6) is 0 Å². The van der Waals surface area contributed by atoms with Gasteiger partial charge in [0.05, 0.1) is 24.1 Å². The molecule has 1 aromatic carbocycles. The molecule has 1 fully saturated rings. The van der Waals surface area contributed by atoms with E-state index in [1.807, 2.05) is 0 Å². The Morgan fingerprint density at radius 3 is 2.17 bits per heavy atom. The largest absolute Gasteiger partial charge is 0.443 e. The average molecular weight is 569 g/mol. The fourth-order valence-corrected chi connectivity index (χ4v) is 6.62. The molecular weight excluding hydrogens is 536 g/mol. The molecule has 2 aromatic heterocycles. The molecule has 2 aliphatic rings. The van der Waals surface area contributed by atoms with Crippen LogP contribution in [0, 0.1) is 6.92 Å². The summed E-state index contributed by atoms with van der Waals surface area (Å²) >= 11 is 0. The van der Waals surface area contributed by atoms with Gasteiger partial charge in [-0.2, -0.15) is 4.31 Å². The van der Waals surface area contributed by atoms with Crippen LogP contribution in [-0.4, -0.2) is 69.1 Å². The summed E-state index contributed by atoms with van der Waals surface area (Å²) in [5.41, 5.74) is -0.462. The smallest absolute Gasteiger partial charge is 0.419 e. The second-order valence-corrected chi connectivity index (χ2v) is 13.8. The summed E-state index contributed by atoms with van der Waals surface area (Å²) in [5, 5.41) is 0.353. The maximum atomic E-state index is 14.1. The van der Waals surface area contributed by atoms with Crippen LogP contribution in [0.4, 0.5) is 9.59 Å². The van der Waals surface area contributed by atoms with Gasteiger partial charge < -0.3 is 9.47 Å². The van der Waals surface area contributed by atoms with Crippen LogP contribution in [0.15, 0.2) is 47.6 Å². The Kier molecular flexibility index (Phi) is 6.34. The second-order valence-electron chi connectivity index (χ2n) is 12.0. The number of carbonyl (C=O) groups is 3. The van der Waals surface area contributed by atoms with Gasteiger partial charge in [0.25, 0.3) is 15.9 Å². The molecule has 0 radical (unpaired) electrons. The summed E-state index contributed by atoms with van der Waals surface area (Å²) in [5.74, 6) is -0.774.